The van der Waals surface area contributed by atoms with E-state index in [2.05, 4.69) is 17.5 Å². The van der Waals surface area contributed by atoms with Gasteiger partial charge < -0.3 is 14.9 Å². The van der Waals surface area contributed by atoms with Crippen LogP contribution in [0.4, 0.5) is 0 Å². The normalized spacial score (nSPS) is 29.7. The van der Waals surface area contributed by atoms with Crippen LogP contribution in [-0.4, -0.2) is 34.0 Å². The third-order valence-electron chi connectivity index (χ3n) is 4.75. The summed E-state index contributed by atoms with van der Waals surface area (Å²) in [6, 6.07) is 8.33. The van der Waals surface area contributed by atoms with E-state index in [1.807, 2.05) is 12.1 Å². The number of rotatable bonds is 4. The van der Waals surface area contributed by atoms with E-state index in [0.717, 1.165) is 12.8 Å². The Morgan fingerprint density at radius 2 is 2.13 bits per heavy atom. The molecule has 1 aliphatic carbocycles. The van der Waals surface area contributed by atoms with Crippen LogP contribution in [0.25, 0.3) is 10.1 Å². The molecule has 0 spiro atoms. The van der Waals surface area contributed by atoms with Gasteiger partial charge in [-0.25, -0.2) is 4.79 Å². The highest BCUT2D eigenvalue weighted by atomic mass is 32.1. The molecule has 0 saturated carbocycles. The maximum absolute atomic E-state index is 11.6. The van der Waals surface area contributed by atoms with Crippen LogP contribution in [0.2, 0.25) is 0 Å². The van der Waals surface area contributed by atoms with Gasteiger partial charge in [0.25, 0.3) is 0 Å². The van der Waals surface area contributed by atoms with Gasteiger partial charge in [0.1, 0.15) is 12.2 Å². The molecular formula is C18H18O4S. The highest BCUT2D eigenvalue weighted by Crippen LogP contribution is 2.38. The Kier molecular flexibility index (Phi) is 3.52. The first-order valence-corrected chi connectivity index (χ1v) is 8.73. The Balaban J connectivity index is 1.46. The summed E-state index contributed by atoms with van der Waals surface area (Å²) in [5, 5.41) is 24.0. The molecule has 23 heavy (non-hydrogen) atoms. The second-order valence-electron chi connectivity index (χ2n) is 6.35. The van der Waals surface area contributed by atoms with E-state index in [1.54, 1.807) is 11.3 Å². The molecule has 1 fully saturated rings. The summed E-state index contributed by atoms with van der Waals surface area (Å²) in [7, 11) is 0. The van der Waals surface area contributed by atoms with Crippen LogP contribution in [0.5, 0.6) is 0 Å². The Bertz CT molecular complexity index is 793. The van der Waals surface area contributed by atoms with Crippen molar-refractivity contribution in [2.24, 2.45) is 0 Å². The minimum absolute atomic E-state index is 0.158. The van der Waals surface area contributed by atoms with Gasteiger partial charge in [-0.3, -0.25) is 0 Å². The SMILES string of the molecule is O=C1O[C@@H]2C[C@@]1(O)C=C(CCCc1csc3ccccc13)[C@H]2O. The molecule has 5 heteroatoms. The van der Waals surface area contributed by atoms with E-state index in [1.165, 1.54) is 21.7 Å². The fourth-order valence-corrected chi connectivity index (χ4v) is 4.52. The number of ether oxygens (including phenoxy) is 1. The van der Waals surface area contributed by atoms with Crippen LogP contribution >= 0.6 is 11.3 Å². The highest BCUT2D eigenvalue weighted by Gasteiger charge is 2.52. The fourth-order valence-electron chi connectivity index (χ4n) is 3.53. The van der Waals surface area contributed by atoms with Crippen molar-refractivity contribution in [3.63, 3.8) is 0 Å². The van der Waals surface area contributed by atoms with Crippen molar-refractivity contribution < 1.29 is 19.7 Å². The van der Waals surface area contributed by atoms with Crippen LogP contribution in [0.1, 0.15) is 24.8 Å². The second-order valence-corrected chi connectivity index (χ2v) is 7.26. The van der Waals surface area contributed by atoms with E-state index in [-0.39, 0.29) is 6.42 Å². The monoisotopic (exact) mass is 330 g/mol. The summed E-state index contributed by atoms with van der Waals surface area (Å²) in [6.45, 7) is 0. The van der Waals surface area contributed by atoms with E-state index < -0.39 is 23.8 Å². The van der Waals surface area contributed by atoms with Crippen LogP contribution in [0.15, 0.2) is 41.3 Å². The molecule has 0 amide bonds. The number of thiophene rings is 1. The molecule has 120 valence electrons. The van der Waals surface area contributed by atoms with Crippen molar-refractivity contribution in [3.8, 4) is 0 Å². The Morgan fingerprint density at radius 3 is 3.00 bits per heavy atom. The summed E-state index contributed by atoms with van der Waals surface area (Å²) < 4.78 is 6.33. The third-order valence-corrected chi connectivity index (χ3v) is 5.77. The average Bonchev–Trinajstić information content (AvgIpc) is 3.05. The summed E-state index contributed by atoms with van der Waals surface area (Å²) in [5.74, 6) is -0.639. The van der Waals surface area contributed by atoms with Gasteiger partial charge in [-0.2, -0.15) is 0 Å². The maximum Gasteiger partial charge on any atom is 0.342 e. The van der Waals surface area contributed by atoms with E-state index in [0.29, 0.717) is 12.0 Å². The smallest absolute Gasteiger partial charge is 0.342 e. The van der Waals surface area contributed by atoms with Crippen molar-refractivity contribution in [2.75, 3.05) is 0 Å². The molecule has 1 aromatic carbocycles. The summed E-state index contributed by atoms with van der Waals surface area (Å²) in [5.41, 5.74) is 0.494. The predicted octanol–water partition coefficient (Wildman–Crippen LogP) is 2.57. The van der Waals surface area contributed by atoms with Crippen molar-refractivity contribution in [3.05, 3.63) is 46.9 Å². The zero-order valence-electron chi connectivity index (χ0n) is 12.6. The molecule has 4 nitrogen and oxygen atoms in total. The summed E-state index contributed by atoms with van der Waals surface area (Å²) in [4.78, 5) is 11.6. The molecule has 2 N–H and O–H groups in total. The standard InChI is InChI=1S/C18H18O4S/c19-16-11(8-18(21)9-14(16)22-17(18)20)4-3-5-12-10-23-15-7-2-1-6-13(12)15/h1-2,6-8,10,14,16,19,21H,3-5,9H2/t14-,16-,18+/m1/s1. The molecule has 4 rings (SSSR count). The molecule has 1 aromatic heterocycles. The largest absolute Gasteiger partial charge is 0.457 e. The lowest BCUT2D eigenvalue weighted by Crippen LogP contribution is -2.38. The van der Waals surface area contributed by atoms with Crippen molar-refractivity contribution in [2.45, 2.75) is 43.5 Å². The molecule has 2 bridgehead atoms. The number of carbonyl (C=O) groups excluding carboxylic acids is 1. The first-order chi connectivity index (χ1) is 11.1. The number of aliphatic hydroxyl groups is 2. The Labute approximate surface area is 138 Å². The lowest BCUT2D eigenvalue weighted by Gasteiger charge is -2.26. The number of aryl methyl sites for hydroxylation is 1. The molecule has 3 atom stereocenters. The molecule has 1 saturated heterocycles. The first-order valence-electron chi connectivity index (χ1n) is 7.85. The van der Waals surface area contributed by atoms with Gasteiger partial charge >= 0.3 is 5.97 Å². The number of benzene rings is 1. The van der Waals surface area contributed by atoms with Gasteiger partial charge in [-0.1, -0.05) is 18.2 Å². The second kappa shape index (κ2) is 5.44. The summed E-state index contributed by atoms with van der Waals surface area (Å²) >= 11 is 1.74. The Hall–Kier alpha value is -1.69. The van der Waals surface area contributed by atoms with Crippen LogP contribution in [-0.2, 0) is 16.0 Å². The number of aliphatic hydroxyl groups excluding tert-OH is 1. The van der Waals surface area contributed by atoms with Gasteiger partial charge in [0.05, 0.1) is 0 Å². The van der Waals surface area contributed by atoms with Crippen LogP contribution in [0, 0.1) is 0 Å². The van der Waals surface area contributed by atoms with E-state index in [9.17, 15) is 15.0 Å². The van der Waals surface area contributed by atoms with Crippen LogP contribution in [0.3, 0.4) is 0 Å². The number of hydrogen-bond donors (Lipinski definition) is 2. The number of carbonyl (C=O) groups is 1. The fraction of sp³-hybridized carbons (Fsp3) is 0.389. The van der Waals surface area contributed by atoms with Gasteiger partial charge in [0.2, 0.25) is 0 Å². The zero-order chi connectivity index (χ0) is 16.0. The first kappa shape index (κ1) is 14.9. The maximum atomic E-state index is 11.6. The molecule has 2 aromatic rings. The quantitative estimate of drug-likeness (QED) is 0.668. The number of hydrogen-bond acceptors (Lipinski definition) is 5. The highest BCUT2D eigenvalue weighted by molar-refractivity contribution is 7.17. The molecule has 2 aliphatic rings. The van der Waals surface area contributed by atoms with Gasteiger partial charge in [0, 0.05) is 11.1 Å². The molecular weight excluding hydrogens is 312 g/mol. The van der Waals surface area contributed by atoms with Gasteiger partial charge in [-0.15, -0.1) is 11.3 Å². The topological polar surface area (TPSA) is 66.8 Å². The predicted molar refractivity (Wildman–Crippen MR) is 88.3 cm³/mol. The molecule has 0 radical (unpaired) electrons. The Morgan fingerprint density at radius 1 is 1.30 bits per heavy atom. The number of esters is 1. The summed E-state index contributed by atoms with van der Waals surface area (Å²) in [6.07, 6.45) is 2.70. The van der Waals surface area contributed by atoms with Crippen molar-refractivity contribution in [1.82, 2.24) is 0 Å². The third kappa shape index (κ3) is 2.49. The number of fused-ring (bicyclic) bond motifs is 3. The van der Waals surface area contributed by atoms with Crippen molar-refractivity contribution >= 4 is 27.4 Å². The molecule has 1 aliphatic heterocycles. The van der Waals surface area contributed by atoms with Gasteiger partial charge in [-0.05, 0) is 53.3 Å². The zero-order valence-corrected chi connectivity index (χ0v) is 13.4. The van der Waals surface area contributed by atoms with E-state index in [4.69, 9.17) is 4.74 Å². The van der Waals surface area contributed by atoms with Crippen molar-refractivity contribution in [1.29, 1.82) is 0 Å². The average molecular weight is 330 g/mol. The lowest BCUT2D eigenvalue weighted by atomic mass is 9.83. The molecule has 0 unspecified atom stereocenters. The lowest BCUT2D eigenvalue weighted by molar-refractivity contribution is -0.152. The van der Waals surface area contributed by atoms with Gasteiger partial charge in [0.15, 0.2) is 5.60 Å². The minimum Gasteiger partial charge on any atom is -0.457 e. The minimum atomic E-state index is -1.53. The van der Waals surface area contributed by atoms with E-state index >= 15 is 0 Å². The van der Waals surface area contributed by atoms with Crippen LogP contribution < -0.4 is 0 Å². The molecule has 2 heterocycles.